The molecule has 0 saturated carbocycles. The number of piperazine rings is 1. The summed E-state index contributed by atoms with van der Waals surface area (Å²) in [6, 6.07) is 3.59. The summed E-state index contributed by atoms with van der Waals surface area (Å²) in [7, 11) is 1.67. The predicted octanol–water partition coefficient (Wildman–Crippen LogP) is 1.92. The first kappa shape index (κ1) is 20.2. The number of nitrogens with zero attached hydrogens (tertiary/aromatic N) is 1. The average Bonchev–Trinajstić information content (AvgIpc) is 2.62. The van der Waals surface area contributed by atoms with E-state index in [1.54, 1.807) is 7.11 Å². The molecule has 1 fully saturated rings. The normalized spacial score (nSPS) is 17.7. The average molecular weight is 361 g/mol. The minimum Gasteiger partial charge on any atom is -0.496 e. The van der Waals surface area contributed by atoms with E-state index in [0.717, 1.165) is 36.3 Å². The van der Waals surface area contributed by atoms with Crippen molar-refractivity contribution in [2.45, 2.75) is 52.6 Å². The fourth-order valence-corrected chi connectivity index (χ4v) is 3.29. The quantitative estimate of drug-likeness (QED) is 0.694. The molecule has 0 spiro atoms. The second kappa shape index (κ2) is 9.57. The van der Waals surface area contributed by atoms with E-state index >= 15 is 0 Å². The Labute approximate surface area is 156 Å². The number of methoxy groups -OCH3 is 1. The Morgan fingerprint density at radius 2 is 2.12 bits per heavy atom. The third-order valence-electron chi connectivity index (χ3n) is 5.12. The van der Waals surface area contributed by atoms with Crippen molar-refractivity contribution in [1.29, 1.82) is 0 Å². The van der Waals surface area contributed by atoms with Gasteiger partial charge in [-0.05, 0) is 43.0 Å². The van der Waals surface area contributed by atoms with Crippen LogP contribution in [0.3, 0.4) is 0 Å². The molecule has 1 aliphatic heterocycles. The number of unbranched alkanes of at least 4 members (excludes halogenated alkanes) is 1. The second-order valence-electron chi connectivity index (χ2n) is 6.86. The van der Waals surface area contributed by atoms with E-state index < -0.39 is 6.04 Å². The third kappa shape index (κ3) is 4.97. The molecule has 2 rings (SSSR count). The summed E-state index contributed by atoms with van der Waals surface area (Å²) in [5.74, 6) is 0.743. The minimum absolute atomic E-state index is 0.0619. The highest BCUT2D eigenvalue weighted by Crippen LogP contribution is 2.25. The molecule has 144 valence electrons. The number of amides is 2. The zero-order valence-corrected chi connectivity index (χ0v) is 16.4. The number of rotatable bonds is 8. The number of hydrogen-bond acceptors (Lipinski definition) is 4. The summed E-state index contributed by atoms with van der Waals surface area (Å²) in [6.07, 6.45) is 2.19. The fourth-order valence-electron chi connectivity index (χ4n) is 3.29. The molecule has 0 radical (unpaired) electrons. The van der Waals surface area contributed by atoms with Gasteiger partial charge in [0.1, 0.15) is 5.75 Å². The van der Waals surface area contributed by atoms with Crippen LogP contribution in [0, 0.1) is 13.8 Å². The third-order valence-corrected chi connectivity index (χ3v) is 5.12. The van der Waals surface area contributed by atoms with Gasteiger partial charge < -0.3 is 15.4 Å². The predicted molar refractivity (Wildman–Crippen MR) is 102 cm³/mol. The highest BCUT2D eigenvalue weighted by Gasteiger charge is 2.31. The van der Waals surface area contributed by atoms with Gasteiger partial charge in [-0.3, -0.25) is 14.5 Å². The van der Waals surface area contributed by atoms with E-state index in [4.69, 9.17) is 4.74 Å². The van der Waals surface area contributed by atoms with E-state index in [2.05, 4.69) is 29.4 Å². The molecule has 6 heteroatoms. The summed E-state index contributed by atoms with van der Waals surface area (Å²) < 4.78 is 5.38. The van der Waals surface area contributed by atoms with Gasteiger partial charge in [0.05, 0.1) is 19.6 Å². The molecule has 2 N–H and O–H groups in total. The summed E-state index contributed by atoms with van der Waals surface area (Å²) in [4.78, 5) is 26.7. The van der Waals surface area contributed by atoms with Crippen molar-refractivity contribution >= 4 is 11.8 Å². The molecule has 0 bridgehead atoms. The van der Waals surface area contributed by atoms with Crippen LogP contribution in [0.4, 0.5) is 0 Å². The molecule has 2 amide bonds. The van der Waals surface area contributed by atoms with E-state index in [9.17, 15) is 9.59 Å². The van der Waals surface area contributed by atoms with Crippen LogP contribution in [0.1, 0.15) is 42.9 Å². The lowest BCUT2D eigenvalue weighted by Gasteiger charge is -2.35. The van der Waals surface area contributed by atoms with Crippen LogP contribution >= 0.6 is 0 Å². The SMILES string of the molecule is CCCCNC(=O)CC1C(=O)NCCN1Cc1ccc(OC)c(C)c1C. The van der Waals surface area contributed by atoms with Crippen molar-refractivity contribution in [3.05, 3.63) is 28.8 Å². The lowest BCUT2D eigenvalue weighted by molar-refractivity contribution is -0.134. The summed E-state index contributed by atoms with van der Waals surface area (Å²) in [6.45, 7) is 8.87. The Balaban J connectivity index is 2.09. The lowest BCUT2D eigenvalue weighted by atomic mass is 10.00. The molecule has 6 nitrogen and oxygen atoms in total. The van der Waals surface area contributed by atoms with Crippen molar-refractivity contribution < 1.29 is 14.3 Å². The van der Waals surface area contributed by atoms with E-state index in [0.29, 0.717) is 19.6 Å². The van der Waals surface area contributed by atoms with Crippen LogP contribution < -0.4 is 15.4 Å². The van der Waals surface area contributed by atoms with Gasteiger partial charge in [0.25, 0.3) is 0 Å². The van der Waals surface area contributed by atoms with Gasteiger partial charge in [0.2, 0.25) is 11.8 Å². The molecule has 1 heterocycles. The Kier molecular flexibility index (Phi) is 7.45. The summed E-state index contributed by atoms with van der Waals surface area (Å²) in [5.41, 5.74) is 3.44. The minimum atomic E-state index is -0.424. The van der Waals surface area contributed by atoms with Crippen LogP contribution in [-0.2, 0) is 16.1 Å². The van der Waals surface area contributed by atoms with Crippen LogP contribution in [0.2, 0.25) is 0 Å². The Bertz CT molecular complexity index is 645. The highest BCUT2D eigenvalue weighted by molar-refractivity contribution is 5.88. The Hall–Kier alpha value is -2.08. The number of ether oxygens (including phenoxy) is 1. The number of hydrogen-bond donors (Lipinski definition) is 2. The van der Waals surface area contributed by atoms with Crippen LogP contribution in [0.25, 0.3) is 0 Å². The smallest absolute Gasteiger partial charge is 0.237 e. The van der Waals surface area contributed by atoms with Crippen LogP contribution in [-0.4, -0.2) is 49.5 Å². The molecular formula is C20H31N3O3. The molecule has 0 aromatic heterocycles. The van der Waals surface area contributed by atoms with Crippen molar-refractivity contribution in [2.75, 3.05) is 26.7 Å². The van der Waals surface area contributed by atoms with Gasteiger partial charge in [0.15, 0.2) is 0 Å². The molecule has 1 aliphatic rings. The molecule has 0 aliphatic carbocycles. The standard InChI is InChI=1S/C20H31N3O3/c1-5-6-9-21-19(24)12-17-20(25)22-10-11-23(17)13-16-7-8-18(26-4)15(3)14(16)2/h7-8,17H,5-6,9-13H2,1-4H3,(H,21,24)(H,22,25). The Morgan fingerprint density at radius 1 is 1.35 bits per heavy atom. The van der Waals surface area contributed by atoms with Crippen LogP contribution in [0.5, 0.6) is 5.75 Å². The fraction of sp³-hybridized carbons (Fsp3) is 0.600. The molecule has 1 saturated heterocycles. The second-order valence-corrected chi connectivity index (χ2v) is 6.86. The van der Waals surface area contributed by atoms with E-state index in [-0.39, 0.29) is 18.2 Å². The zero-order chi connectivity index (χ0) is 19.1. The number of carbonyl (C=O) groups excluding carboxylic acids is 2. The first-order chi connectivity index (χ1) is 12.5. The topological polar surface area (TPSA) is 70.7 Å². The maximum atomic E-state index is 12.4. The van der Waals surface area contributed by atoms with Crippen molar-refractivity contribution in [2.24, 2.45) is 0 Å². The van der Waals surface area contributed by atoms with E-state index in [1.807, 2.05) is 19.1 Å². The number of nitrogens with one attached hydrogen (secondary N) is 2. The van der Waals surface area contributed by atoms with Crippen LogP contribution in [0.15, 0.2) is 12.1 Å². The number of carbonyl (C=O) groups is 2. The molecule has 1 aromatic carbocycles. The Morgan fingerprint density at radius 3 is 2.81 bits per heavy atom. The molecule has 1 atom stereocenters. The molecule has 1 aromatic rings. The summed E-state index contributed by atoms with van der Waals surface area (Å²) >= 11 is 0. The first-order valence-corrected chi connectivity index (χ1v) is 9.39. The number of benzene rings is 1. The van der Waals surface area contributed by atoms with Crippen molar-refractivity contribution in [3.63, 3.8) is 0 Å². The largest absolute Gasteiger partial charge is 0.496 e. The van der Waals surface area contributed by atoms with Crippen molar-refractivity contribution in [3.8, 4) is 5.75 Å². The zero-order valence-electron chi connectivity index (χ0n) is 16.4. The van der Waals surface area contributed by atoms with Gasteiger partial charge in [-0.15, -0.1) is 0 Å². The van der Waals surface area contributed by atoms with Gasteiger partial charge in [-0.25, -0.2) is 0 Å². The summed E-state index contributed by atoms with van der Waals surface area (Å²) in [5, 5.41) is 5.79. The molecule has 1 unspecified atom stereocenters. The van der Waals surface area contributed by atoms with Gasteiger partial charge >= 0.3 is 0 Å². The monoisotopic (exact) mass is 361 g/mol. The van der Waals surface area contributed by atoms with Gasteiger partial charge in [-0.1, -0.05) is 19.4 Å². The van der Waals surface area contributed by atoms with Crippen molar-refractivity contribution in [1.82, 2.24) is 15.5 Å². The van der Waals surface area contributed by atoms with Gasteiger partial charge in [-0.2, -0.15) is 0 Å². The van der Waals surface area contributed by atoms with Gasteiger partial charge in [0, 0.05) is 26.2 Å². The highest BCUT2D eigenvalue weighted by atomic mass is 16.5. The maximum Gasteiger partial charge on any atom is 0.237 e. The van der Waals surface area contributed by atoms with E-state index in [1.165, 1.54) is 5.56 Å². The first-order valence-electron chi connectivity index (χ1n) is 9.39. The maximum absolute atomic E-state index is 12.4. The molecule has 26 heavy (non-hydrogen) atoms. The lowest BCUT2D eigenvalue weighted by Crippen LogP contribution is -2.56. The molecular weight excluding hydrogens is 330 g/mol.